The number of hydrogen-bond acceptors (Lipinski definition) is 2. The van der Waals surface area contributed by atoms with Crippen LogP contribution in [0.3, 0.4) is 0 Å². The Hall–Kier alpha value is -1.03. The molecule has 1 heterocycles. The Kier molecular flexibility index (Phi) is 3.72. The van der Waals surface area contributed by atoms with Gasteiger partial charge in [0.05, 0.1) is 34.3 Å². The predicted octanol–water partition coefficient (Wildman–Crippen LogP) is 3.04. The number of halogens is 2. The molecule has 1 unspecified atom stereocenters. The van der Waals surface area contributed by atoms with Crippen molar-refractivity contribution in [1.29, 1.82) is 0 Å². The molecule has 0 saturated heterocycles. The predicted molar refractivity (Wildman–Crippen MR) is 70.6 cm³/mol. The highest BCUT2D eigenvalue weighted by atomic mass is 35.5. The molecule has 0 amide bonds. The first-order chi connectivity index (χ1) is 8.15. The van der Waals surface area contributed by atoms with Crippen LogP contribution in [0.2, 0.25) is 10.0 Å². The fourth-order valence-electron chi connectivity index (χ4n) is 1.85. The molecule has 0 aliphatic rings. The third-order valence-electron chi connectivity index (χ3n) is 2.73. The maximum Gasteiger partial charge on any atom is 0.0946 e. The molecule has 0 aliphatic heterocycles. The summed E-state index contributed by atoms with van der Waals surface area (Å²) in [5.74, 6) is 0. The van der Waals surface area contributed by atoms with Crippen molar-refractivity contribution in [3.63, 3.8) is 0 Å². The van der Waals surface area contributed by atoms with Crippen molar-refractivity contribution in [3.8, 4) is 0 Å². The smallest absolute Gasteiger partial charge is 0.0946 e. The molecule has 3 nitrogen and oxygen atoms in total. The van der Waals surface area contributed by atoms with Gasteiger partial charge in [0.25, 0.3) is 0 Å². The summed E-state index contributed by atoms with van der Waals surface area (Å²) >= 11 is 12.3. The number of hydrogen-bond donors (Lipinski definition) is 1. The van der Waals surface area contributed by atoms with Crippen molar-refractivity contribution in [3.05, 3.63) is 52.0 Å². The molecule has 2 rings (SSSR count). The van der Waals surface area contributed by atoms with Gasteiger partial charge >= 0.3 is 0 Å². The molecule has 0 fully saturated rings. The van der Waals surface area contributed by atoms with Crippen molar-refractivity contribution in [2.24, 2.45) is 7.05 Å². The summed E-state index contributed by atoms with van der Waals surface area (Å²) in [5.41, 5.74) is 1.99. The molecule has 0 spiro atoms. The molecule has 0 radical (unpaired) electrons. The molecular weight excluding hydrogens is 257 g/mol. The molecule has 2 aromatic rings. The molecule has 0 aliphatic carbocycles. The van der Waals surface area contributed by atoms with E-state index in [2.05, 4.69) is 10.3 Å². The summed E-state index contributed by atoms with van der Waals surface area (Å²) in [6.45, 7) is 0. The Bertz CT molecular complexity index is 522. The van der Waals surface area contributed by atoms with Gasteiger partial charge in [-0.05, 0) is 18.7 Å². The first-order valence-corrected chi connectivity index (χ1v) is 5.98. The highest BCUT2D eigenvalue weighted by molar-refractivity contribution is 6.42. The summed E-state index contributed by atoms with van der Waals surface area (Å²) < 4.78 is 1.96. The minimum atomic E-state index is -0.0197. The van der Waals surface area contributed by atoms with Crippen molar-refractivity contribution in [1.82, 2.24) is 14.9 Å². The van der Waals surface area contributed by atoms with Crippen LogP contribution in [-0.4, -0.2) is 16.6 Å². The van der Waals surface area contributed by atoms with Crippen LogP contribution in [0.15, 0.2) is 30.7 Å². The van der Waals surface area contributed by atoms with Crippen LogP contribution in [0.25, 0.3) is 0 Å². The van der Waals surface area contributed by atoms with Gasteiger partial charge in [-0.25, -0.2) is 4.98 Å². The van der Waals surface area contributed by atoms with Crippen molar-refractivity contribution in [2.75, 3.05) is 7.05 Å². The van der Waals surface area contributed by atoms with Crippen molar-refractivity contribution < 1.29 is 0 Å². The average Bonchev–Trinajstić information content (AvgIpc) is 2.72. The number of benzene rings is 1. The molecule has 5 heteroatoms. The number of imidazole rings is 1. The van der Waals surface area contributed by atoms with Crippen LogP contribution in [0.1, 0.15) is 17.3 Å². The highest BCUT2D eigenvalue weighted by Gasteiger charge is 2.18. The molecule has 1 aromatic carbocycles. The van der Waals surface area contributed by atoms with E-state index in [-0.39, 0.29) is 6.04 Å². The normalized spacial score (nSPS) is 12.7. The Balaban J connectivity index is 2.50. The van der Waals surface area contributed by atoms with Gasteiger partial charge in [-0.3, -0.25) is 0 Å². The second-order valence-electron chi connectivity index (χ2n) is 3.79. The zero-order valence-electron chi connectivity index (χ0n) is 9.61. The van der Waals surface area contributed by atoms with Crippen LogP contribution < -0.4 is 5.32 Å². The number of rotatable bonds is 3. The fraction of sp³-hybridized carbons (Fsp3) is 0.250. The number of aryl methyl sites for hydroxylation is 1. The van der Waals surface area contributed by atoms with E-state index in [0.29, 0.717) is 10.0 Å². The highest BCUT2D eigenvalue weighted by Crippen LogP contribution is 2.32. The van der Waals surface area contributed by atoms with Gasteiger partial charge in [0.2, 0.25) is 0 Å². The second kappa shape index (κ2) is 5.08. The monoisotopic (exact) mass is 269 g/mol. The van der Waals surface area contributed by atoms with E-state index in [1.165, 1.54) is 0 Å². The second-order valence-corrected chi connectivity index (χ2v) is 4.58. The Morgan fingerprint density at radius 2 is 2.12 bits per heavy atom. The number of nitrogens with zero attached hydrogens (tertiary/aromatic N) is 2. The van der Waals surface area contributed by atoms with Crippen LogP contribution in [0.4, 0.5) is 0 Å². The summed E-state index contributed by atoms with van der Waals surface area (Å²) in [4.78, 5) is 4.12. The van der Waals surface area contributed by atoms with Crippen LogP contribution in [0.5, 0.6) is 0 Å². The SMILES string of the molecule is CNC(c1cccc(Cl)c1Cl)c1cncn1C. The molecule has 0 saturated carbocycles. The van der Waals surface area contributed by atoms with E-state index in [1.807, 2.05) is 37.0 Å². The van der Waals surface area contributed by atoms with Gasteiger partial charge in [0.15, 0.2) is 0 Å². The van der Waals surface area contributed by atoms with Crippen LogP contribution in [-0.2, 0) is 7.05 Å². The van der Waals surface area contributed by atoms with Gasteiger partial charge in [-0.2, -0.15) is 0 Å². The first-order valence-electron chi connectivity index (χ1n) is 5.22. The zero-order valence-corrected chi connectivity index (χ0v) is 11.1. The Labute approximate surface area is 110 Å². The maximum atomic E-state index is 6.23. The summed E-state index contributed by atoms with van der Waals surface area (Å²) in [6, 6.07) is 5.62. The van der Waals surface area contributed by atoms with Gasteiger partial charge in [0.1, 0.15) is 0 Å². The van der Waals surface area contributed by atoms with E-state index in [9.17, 15) is 0 Å². The molecule has 1 N–H and O–H groups in total. The Morgan fingerprint density at radius 3 is 2.71 bits per heavy atom. The fourth-order valence-corrected chi connectivity index (χ4v) is 2.27. The number of aromatic nitrogens is 2. The van der Waals surface area contributed by atoms with E-state index in [4.69, 9.17) is 23.2 Å². The van der Waals surface area contributed by atoms with E-state index in [1.54, 1.807) is 12.4 Å². The molecule has 1 aromatic heterocycles. The summed E-state index contributed by atoms with van der Waals surface area (Å²) in [7, 11) is 3.83. The van der Waals surface area contributed by atoms with Gasteiger partial charge in [-0.15, -0.1) is 0 Å². The van der Waals surface area contributed by atoms with E-state index >= 15 is 0 Å². The third-order valence-corrected chi connectivity index (χ3v) is 3.56. The standard InChI is InChI=1S/C12H13Cl2N3/c1-15-12(10-6-16-7-17(10)2)8-4-3-5-9(13)11(8)14/h3-7,12,15H,1-2H3. The van der Waals surface area contributed by atoms with Gasteiger partial charge < -0.3 is 9.88 Å². The van der Waals surface area contributed by atoms with Crippen LogP contribution in [0, 0.1) is 0 Å². The lowest BCUT2D eigenvalue weighted by Crippen LogP contribution is -2.20. The lowest BCUT2D eigenvalue weighted by atomic mass is 10.0. The molecule has 1 atom stereocenters. The number of nitrogens with one attached hydrogen (secondary N) is 1. The minimum Gasteiger partial charge on any atom is -0.336 e. The summed E-state index contributed by atoms with van der Waals surface area (Å²) in [6.07, 6.45) is 3.58. The molecule has 17 heavy (non-hydrogen) atoms. The largest absolute Gasteiger partial charge is 0.336 e. The van der Waals surface area contributed by atoms with Crippen LogP contribution >= 0.6 is 23.2 Å². The van der Waals surface area contributed by atoms with Gasteiger partial charge in [0, 0.05) is 7.05 Å². The van der Waals surface area contributed by atoms with Crippen molar-refractivity contribution in [2.45, 2.75) is 6.04 Å². The quantitative estimate of drug-likeness (QED) is 0.929. The topological polar surface area (TPSA) is 29.9 Å². The van der Waals surface area contributed by atoms with E-state index in [0.717, 1.165) is 11.3 Å². The van der Waals surface area contributed by atoms with Gasteiger partial charge in [-0.1, -0.05) is 35.3 Å². The minimum absolute atomic E-state index is 0.0197. The zero-order chi connectivity index (χ0) is 12.4. The third kappa shape index (κ3) is 2.32. The first kappa shape index (κ1) is 12.4. The maximum absolute atomic E-state index is 6.23. The molecule has 0 bridgehead atoms. The molecule has 90 valence electrons. The van der Waals surface area contributed by atoms with Crippen molar-refractivity contribution >= 4 is 23.2 Å². The average molecular weight is 270 g/mol. The van der Waals surface area contributed by atoms with E-state index < -0.39 is 0 Å². The molecular formula is C12H13Cl2N3. The lowest BCUT2D eigenvalue weighted by Gasteiger charge is -2.18. The Morgan fingerprint density at radius 1 is 1.35 bits per heavy atom. The lowest BCUT2D eigenvalue weighted by molar-refractivity contribution is 0.638. The summed E-state index contributed by atoms with van der Waals surface area (Å²) in [5, 5.41) is 4.37.